The molecule has 0 aromatic heterocycles. The lowest BCUT2D eigenvalue weighted by atomic mass is 10.1. The standard InChI is InChI=1S/C24H32N2O4/c1-17-10-9-11-19(14-17)15-26(18(2)23(28)25-24(3,4)5)22(27)16-30-21-13-8-7-12-20(21)29-6/h7-14,18H,15-16H2,1-6H3,(H,25,28)/t18-/m0/s1. The van der Waals surface area contributed by atoms with Crippen LogP contribution in [0.5, 0.6) is 11.5 Å². The summed E-state index contributed by atoms with van der Waals surface area (Å²) in [5, 5.41) is 2.95. The van der Waals surface area contributed by atoms with Crippen LogP contribution in [0, 0.1) is 6.92 Å². The van der Waals surface area contributed by atoms with Crippen molar-refractivity contribution in [3.05, 3.63) is 59.7 Å². The number of aryl methyl sites for hydroxylation is 1. The van der Waals surface area contributed by atoms with E-state index < -0.39 is 11.6 Å². The SMILES string of the molecule is COc1ccccc1OCC(=O)N(Cc1cccc(C)c1)[C@@H](C)C(=O)NC(C)(C)C. The Morgan fingerprint density at radius 3 is 2.33 bits per heavy atom. The highest BCUT2D eigenvalue weighted by Crippen LogP contribution is 2.26. The summed E-state index contributed by atoms with van der Waals surface area (Å²) in [5.74, 6) is 0.546. The minimum absolute atomic E-state index is 0.195. The summed E-state index contributed by atoms with van der Waals surface area (Å²) < 4.78 is 11.0. The monoisotopic (exact) mass is 412 g/mol. The van der Waals surface area contributed by atoms with Crippen LogP contribution in [0.25, 0.3) is 0 Å². The van der Waals surface area contributed by atoms with Crippen LogP contribution in [0.1, 0.15) is 38.8 Å². The maximum atomic E-state index is 13.1. The van der Waals surface area contributed by atoms with Crippen molar-refractivity contribution in [1.29, 1.82) is 0 Å². The van der Waals surface area contributed by atoms with Crippen LogP contribution >= 0.6 is 0 Å². The molecule has 6 heteroatoms. The van der Waals surface area contributed by atoms with Gasteiger partial charge >= 0.3 is 0 Å². The second-order valence-corrected chi connectivity index (χ2v) is 8.37. The third-order valence-electron chi connectivity index (χ3n) is 4.52. The minimum Gasteiger partial charge on any atom is -0.493 e. The summed E-state index contributed by atoms with van der Waals surface area (Å²) in [5.41, 5.74) is 1.66. The molecule has 0 aliphatic carbocycles. The molecule has 0 saturated heterocycles. The van der Waals surface area contributed by atoms with E-state index in [0.717, 1.165) is 11.1 Å². The number of hydrogen-bond acceptors (Lipinski definition) is 4. The zero-order valence-electron chi connectivity index (χ0n) is 18.7. The van der Waals surface area contributed by atoms with Crippen molar-refractivity contribution in [1.82, 2.24) is 10.2 Å². The third kappa shape index (κ3) is 6.79. The number of hydrogen-bond donors (Lipinski definition) is 1. The summed E-state index contributed by atoms with van der Waals surface area (Å²) >= 11 is 0. The van der Waals surface area contributed by atoms with Gasteiger partial charge in [-0.1, -0.05) is 42.0 Å². The van der Waals surface area contributed by atoms with Crippen molar-refractivity contribution in [3.8, 4) is 11.5 Å². The Labute approximate surface area is 179 Å². The molecule has 0 heterocycles. The number of methoxy groups -OCH3 is 1. The van der Waals surface area contributed by atoms with E-state index in [9.17, 15) is 9.59 Å². The van der Waals surface area contributed by atoms with Crippen LogP contribution in [-0.4, -0.2) is 42.0 Å². The van der Waals surface area contributed by atoms with Gasteiger partial charge in [0.15, 0.2) is 18.1 Å². The second-order valence-electron chi connectivity index (χ2n) is 8.37. The zero-order chi connectivity index (χ0) is 22.3. The number of carbonyl (C=O) groups excluding carboxylic acids is 2. The second kappa shape index (κ2) is 10.1. The molecule has 2 amide bonds. The maximum Gasteiger partial charge on any atom is 0.261 e. The minimum atomic E-state index is -0.654. The van der Waals surface area contributed by atoms with Crippen molar-refractivity contribution in [3.63, 3.8) is 0 Å². The first-order chi connectivity index (χ1) is 14.1. The summed E-state index contributed by atoms with van der Waals surface area (Å²) in [7, 11) is 1.55. The number of rotatable bonds is 8. The Morgan fingerprint density at radius 2 is 1.73 bits per heavy atom. The van der Waals surface area contributed by atoms with Crippen LogP contribution in [0.3, 0.4) is 0 Å². The molecule has 2 aromatic carbocycles. The number of amides is 2. The van der Waals surface area contributed by atoms with E-state index in [1.165, 1.54) is 0 Å². The number of nitrogens with zero attached hydrogens (tertiary/aromatic N) is 1. The van der Waals surface area contributed by atoms with E-state index in [-0.39, 0.29) is 18.4 Å². The van der Waals surface area contributed by atoms with Crippen LogP contribution < -0.4 is 14.8 Å². The highest BCUT2D eigenvalue weighted by molar-refractivity contribution is 5.88. The van der Waals surface area contributed by atoms with Crippen LogP contribution in [0.15, 0.2) is 48.5 Å². The Hall–Kier alpha value is -3.02. The van der Waals surface area contributed by atoms with Gasteiger partial charge in [-0.25, -0.2) is 0 Å². The van der Waals surface area contributed by atoms with Gasteiger partial charge in [-0.3, -0.25) is 9.59 Å². The van der Waals surface area contributed by atoms with Gasteiger partial charge in [0.05, 0.1) is 7.11 Å². The Morgan fingerprint density at radius 1 is 1.07 bits per heavy atom. The molecule has 0 bridgehead atoms. The van der Waals surface area contributed by atoms with Gasteiger partial charge in [-0.2, -0.15) is 0 Å². The third-order valence-corrected chi connectivity index (χ3v) is 4.52. The summed E-state index contributed by atoms with van der Waals surface area (Å²) in [6.45, 7) is 9.58. The largest absolute Gasteiger partial charge is 0.493 e. The Balaban J connectivity index is 2.20. The number of carbonyl (C=O) groups is 2. The molecule has 0 fully saturated rings. The highest BCUT2D eigenvalue weighted by Gasteiger charge is 2.28. The molecule has 2 rings (SSSR count). The molecule has 6 nitrogen and oxygen atoms in total. The van der Waals surface area contributed by atoms with Gasteiger partial charge in [0.25, 0.3) is 5.91 Å². The van der Waals surface area contributed by atoms with Gasteiger partial charge in [-0.05, 0) is 52.3 Å². The average Bonchev–Trinajstić information content (AvgIpc) is 2.68. The van der Waals surface area contributed by atoms with Gasteiger partial charge in [-0.15, -0.1) is 0 Å². The van der Waals surface area contributed by atoms with E-state index in [1.807, 2.05) is 64.1 Å². The van der Waals surface area contributed by atoms with E-state index >= 15 is 0 Å². The first kappa shape index (κ1) is 23.3. The van der Waals surface area contributed by atoms with Gasteiger partial charge < -0.3 is 19.7 Å². The molecule has 0 radical (unpaired) electrons. The van der Waals surface area contributed by atoms with Crippen LogP contribution in [0.2, 0.25) is 0 Å². The highest BCUT2D eigenvalue weighted by atomic mass is 16.5. The molecule has 0 unspecified atom stereocenters. The molecular formula is C24H32N2O4. The first-order valence-corrected chi connectivity index (χ1v) is 10.0. The van der Waals surface area contributed by atoms with Crippen LogP contribution in [-0.2, 0) is 16.1 Å². The predicted molar refractivity (Wildman–Crippen MR) is 118 cm³/mol. The van der Waals surface area contributed by atoms with Crippen molar-refractivity contribution >= 4 is 11.8 Å². The Kier molecular flexibility index (Phi) is 7.86. The van der Waals surface area contributed by atoms with Crippen molar-refractivity contribution in [2.75, 3.05) is 13.7 Å². The van der Waals surface area contributed by atoms with Crippen molar-refractivity contribution < 1.29 is 19.1 Å². The molecule has 0 aliphatic heterocycles. The normalized spacial score (nSPS) is 12.1. The molecular weight excluding hydrogens is 380 g/mol. The molecule has 162 valence electrons. The fourth-order valence-corrected chi connectivity index (χ4v) is 3.02. The van der Waals surface area contributed by atoms with Gasteiger partial charge in [0.1, 0.15) is 6.04 Å². The lowest BCUT2D eigenvalue weighted by molar-refractivity contribution is -0.142. The smallest absolute Gasteiger partial charge is 0.261 e. The molecule has 0 saturated carbocycles. The summed E-state index contributed by atoms with van der Waals surface area (Å²) in [6, 6.07) is 14.4. The van der Waals surface area contributed by atoms with Crippen molar-refractivity contribution in [2.45, 2.75) is 52.7 Å². The van der Waals surface area contributed by atoms with Crippen molar-refractivity contribution in [2.24, 2.45) is 0 Å². The fraction of sp³-hybridized carbons (Fsp3) is 0.417. The predicted octanol–water partition coefficient (Wildman–Crippen LogP) is 3.71. The summed E-state index contributed by atoms with van der Waals surface area (Å²) in [4.78, 5) is 27.4. The Bertz CT molecular complexity index is 874. The van der Waals surface area contributed by atoms with Gasteiger partial charge in [0, 0.05) is 12.1 Å². The van der Waals surface area contributed by atoms with Crippen LogP contribution in [0.4, 0.5) is 0 Å². The number of nitrogens with one attached hydrogen (secondary N) is 1. The summed E-state index contributed by atoms with van der Waals surface area (Å²) in [6.07, 6.45) is 0. The average molecular weight is 413 g/mol. The van der Waals surface area contributed by atoms with E-state index in [0.29, 0.717) is 18.0 Å². The molecule has 1 atom stereocenters. The zero-order valence-corrected chi connectivity index (χ0v) is 18.7. The molecule has 30 heavy (non-hydrogen) atoms. The molecule has 0 spiro atoms. The van der Waals surface area contributed by atoms with E-state index in [4.69, 9.17) is 9.47 Å². The quantitative estimate of drug-likeness (QED) is 0.718. The van der Waals surface area contributed by atoms with Gasteiger partial charge in [0.2, 0.25) is 5.91 Å². The van der Waals surface area contributed by atoms with E-state index in [1.54, 1.807) is 31.1 Å². The topological polar surface area (TPSA) is 67.9 Å². The van der Waals surface area contributed by atoms with E-state index in [2.05, 4.69) is 5.32 Å². The molecule has 0 aliphatic rings. The molecule has 1 N–H and O–H groups in total. The maximum absolute atomic E-state index is 13.1. The number of benzene rings is 2. The number of para-hydroxylation sites is 2. The lowest BCUT2D eigenvalue weighted by Crippen LogP contribution is -2.53. The lowest BCUT2D eigenvalue weighted by Gasteiger charge is -2.31. The first-order valence-electron chi connectivity index (χ1n) is 10.0. The molecule has 2 aromatic rings. The fourth-order valence-electron chi connectivity index (χ4n) is 3.02. The number of ether oxygens (including phenoxy) is 2.